The third-order valence-electron chi connectivity index (χ3n) is 3.41. The van der Waals surface area contributed by atoms with Gasteiger partial charge in [-0.05, 0) is 6.07 Å². The summed E-state index contributed by atoms with van der Waals surface area (Å²) in [5.41, 5.74) is 7.24. The molecule has 1 aromatic heterocycles. The van der Waals surface area contributed by atoms with Crippen LogP contribution < -0.4 is 10.5 Å². The van der Waals surface area contributed by atoms with Crippen LogP contribution in [0.4, 0.5) is 22.9 Å². The Hall–Kier alpha value is -2.97. The fourth-order valence-electron chi connectivity index (χ4n) is 2.10. The van der Waals surface area contributed by atoms with Crippen LogP contribution in [-0.2, 0) is 12.5 Å². The van der Waals surface area contributed by atoms with E-state index in [1.165, 1.54) is 25.3 Å². The fourth-order valence-corrected chi connectivity index (χ4v) is 2.10. The lowest BCUT2D eigenvalue weighted by Crippen LogP contribution is -2.12. The van der Waals surface area contributed by atoms with Gasteiger partial charge in [-0.1, -0.05) is 20.8 Å². The molecule has 2 aromatic rings. The number of nitrogen functional groups attached to an aromatic ring is 1. The molecule has 0 saturated carbocycles. The molecule has 0 amide bonds. The molecule has 0 atom stereocenters. The number of ether oxygens (including phenoxy) is 1. The number of anilines is 1. The van der Waals surface area contributed by atoms with Crippen molar-refractivity contribution in [2.75, 3.05) is 12.8 Å². The minimum Gasteiger partial charge on any atom is -0.494 e. The number of nitro benzene ring substituents is 1. The van der Waals surface area contributed by atoms with E-state index in [1.807, 2.05) is 20.8 Å². The summed E-state index contributed by atoms with van der Waals surface area (Å²) >= 11 is 0. The smallest absolute Gasteiger partial charge is 0.273 e. The molecule has 0 fully saturated rings. The van der Waals surface area contributed by atoms with Gasteiger partial charge in [-0.3, -0.25) is 14.8 Å². The third kappa shape index (κ3) is 3.34. The minimum atomic E-state index is -0.500. The highest BCUT2D eigenvalue weighted by Crippen LogP contribution is 2.38. The van der Waals surface area contributed by atoms with Crippen molar-refractivity contribution in [3.8, 4) is 5.75 Å². The molecule has 128 valence electrons. The Kier molecular flexibility index (Phi) is 4.54. The van der Waals surface area contributed by atoms with Crippen LogP contribution in [0.3, 0.4) is 0 Å². The zero-order valence-corrected chi connectivity index (χ0v) is 14.3. The number of non-ortho nitro benzene ring substituents is 1. The highest BCUT2D eigenvalue weighted by Gasteiger charge is 2.25. The monoisotopic (exact) mass is 332 g/mol. The molecule has 24 heavy (non-hydrogen) atoms. The number of benzene rings is 1. The second-order valence-corrected chi connectivity index (χ2v) is 6.27. The Labute approximate surface area is 139 Å². The van der Waals surface area contributed by atoms with E-state index in [-0.39, 0.29) is 16.9 Å². The first kappa shape index (κ1) is 17.4. The molecule has 0 spiro atoms. The number of nitrogens with zero attached hydrogens (tertiary/aromatic N) is 5. The predicted octanol–water partition coefficient (Wildman–Crippen LogP) is 3.63. The average molecular weight is 332 g/mol. The molecule has 0 aliphatic rings. The number of nitrogens with two attached hydrogens (primary N) is 1. The molecule has 0 unspecified atom stereocenters. The van der Waals surface area contributed by atoms with Gasteiger partial charge >= 0.3 is 0 Å². The molecule has 0 aliphatic heterocycles. The second kappa shape index (κ2) is 6.26. The van der Waals surface area contributed by atoms with Gasteiger partial charge in [0.1, 0.15) is 11.5 Å². The number of hydrogen-bond donors (Lipinski definition) is 1. The van der Waals surface area contributed by atoms with Gasteiger partial charge in [0.15, 0.2) is 11.4 Å². The van der Waals surface area contributed by atoms with Crippen molar-refractivity contribution in [3.05, 3.63) is 34.0 Å². The van der Waals surface area contributed by atoms with Crippen molar-refractivity contribution in [1.82, 2.24) is 9.78 Å². The van der Waals surface area contributed by atoms with E-state index in [9.17, 15) is 10.1 Å². The van der Waals surface area contributed by atoms with Crippen molar-refractivity contribution in [3.63, 3.8) is 0 Å². The summed E-state index contributed by atoms with van der Waals surface area (Å²) in [6.07, 6.45) is 0. The number of hydrogen-bond acceptors (Lipinski definition) is 7. The highest BCUT2D eigenvalue weighted by molar-refractivity contribution is 5.64. The van der Waals surface area contributed by atoms with Crippen molar-refractivity contribution < 1.29 is 9.66 Å². The summed E-state index contributed by atoms with van der Waals surface area (Å²) in [6.45, 7) is 6.00. The number of methoxy groups -OCH3 is 1. The number of nitro groups is 1. The number of aryl methyl sites for hydroxylation is 1. The van der Waals surface area contributed by atoms with Crippen LogP contribution in [0.2, 0.25) is 0 Å². The fraction of sp³-hybridized carbons (Fsp3) is 0.400. The lowest BCUT2D eigenvalue weighted by molar-refractivity contribution is -0.384. The lowest BCUT2D eigenvalue weighted by Gasteiger charge is -2.15. The van der Waals surface area contributed by atoms with Crippen LogP contribution in [0, 0.1) is 10.1 Å². The van der Waals surface area contributed by atoms with Crippen LogP contribution in [0.25, 0.3) is 0 Å². The average Bonchev–Trinajstić information content (AvgIpc) is 2.80. The second-order valence-electron chi connectivity index (χ2n) is 6.27. The molecular formula is C15H20N6O3. The summed E-state index contributed by atoms with van der Waals surface area (Å²) in [6, 6.07) is 4.11. The summed E-state index contributed by atoms with van der Waals surface area (Å²) in [5, 5.41) is 23.6. The van der Waals surface area contributed by atoms with Crippen LogP contribution in [0.5, 0.6) is 5.75 Å². The first-order valence-corrected chi connectivity index (χ1v) is 7.22. The van der Waals surface area contributed by atoms with Crippen molar-refractivity contribution in [2.24, 2.45) is 17.3 Å². The van der Waals surface area contributed by atoms with E-state index >= 15 is 0 Å². The van der Waals surface area contributed by atoms with Crippen LogP contribution in [0.15, 0.2) is 28.4 Å². The first-order valence-electron chi connectivity index (χ1n) is 7.22. The number of azo groups is 1. The number of rotatable bonds is 4. The Morgan fingerprint density at radius 2 is 2.00 bits per heavy atom. The topological polar surface area (TPSA) is 121 Å². The molecule has 9 heteroatoms. The molecule has 2 rings (SSSR count). The van der Waals surface area contributed by atoms with E-state index in [2.05, 4.69) is 15.3 Å². The van der Waals surface area contributed by atoms with Gasteiger partial charge in [-0.15, -0.1) is 10.2 Å². The van der Waals surface area contributed by atoms with E-state index in [4.69, 9.17) is 10.5 Å². The van der Waals surface area contributed by atoms with E-state index in [0.29, 0.717) is 22.9 Å². The SMILES string of the molecule is COc1cc([N+](=O)[O-])ccc1N=Nc1c(C(C)(C)C)nn(C)c1N. The summed E-state index contributed by atoms with van der Waals surface area (Å²) in [4.78, 5) is 10.3. The van der Waals surface area contributed by atoms with Gasteiger partial charge in [-0.25, -0.2) is 0 Å². The van der Waals surface area contributed by atoms with E-state index in [1.54, 1.807) is 11.7 Å². The van der Waals surface area contributed by atoms with Crippen molar-refractivity contribution >= 4 is 22.9 Å². The van der Waals surface area contributed by atoms with Gasteiger partial charge in [0.2, 0.25) is 0 Å². The first-order chi connectivity index (χ1) is 11.1. The maximum absolute atomic E-state index is 10.8. The Morgan fingerprint density at radius 1 is 1.33 bits per heavy atom. The maximum Gasteiger partial charge on any atom is 0.273 e. The molecule has 0 radical (unpaired) electrons. The molecule has 0 saturated heterocycles. The minimum absolute atomic E-state index is 0.0814. The number of aromatic nitrogens is 2. The highest BCUT2D eigenvalue weighted by atomic mass is 16.6. The Balaban J connectivity index is 2.47. The maximum atomic E-state index is 10.8. The largest absolute Gasteiger partial charge is 0.494 e. The molecule has 1 aromatic carbocycles. The molecule has 9 nitrogen and oxygen atoms in total. The summed E-state index contributed by atoms with van der Waals surface area (Å²) in [7, 11) is 3.15. The van der Waals surface area contributed by atoms with E-state index < -0.39 is 4.92 Å². The van der Waals surface area contributed by atoms with E-state index in [0.717, 1.165) is 0 Å². The third-order valence-corrected chi connectivity index (χ3v) is 3.41. The van der Waals surface area contributed by atoms with Crippen molar-refractivity contribution in [2.45, 2.75) is 26.2 Å². The van der Waals surface area contributed by atoms with Gasteiger partial charge in [0.05, 0.1) is 23.8 Å². The predicted molar refractivity (Wildman–Crippen MR) is 90.1 cm³/mol. The quantitative estimate of drug-likeness (QED) is 0.520. The molecular weight excluding hydrogens is 312 g/mol. The molecule has 2 N–H and O–H groups in total. The zero-order chi connectivity index (χ0) is 18.1. The van der Waals surface area contributed by atoms with Gasteiger partial charge < -0.3 is 10.5 Å². The van der Waals surface area contributed by atoms with Crippen LogP contribution in [0.1, 0.15) is 26.5 Å². The normalized spacial score (nSPS) is 11.9. The molecule has 1 heterocycles. The molecule has 0 aliphatic carbocycles. The van der Waals surface area contributed by atoms with Crippen LogP contribution in [-0.4, -0.2) is 21.8 Å². The standard InChI is InChI=1S/C15H20N6O3/c1-15(2,3)13-12(14(16)20(4)19-13)18-17-10-7-6-9(21(22)23)8-11(10)24-5/h6-8H,16H2,1-5H3. The summed E-state index contributed by atoms with van der Waals surface area (Å²) < 4.78 is 6.69. The molecule has 0 bridgehead atoms. The zero-order valence-electron chi connectivity index (χ0n) is 14.3. The lowest BCUT2D eigenvalue weighted by atomic mass is 9.91. The van der Waals surface area contributed by atoms with Gasteiger partial charge in [0, 0.05) is 18.5 Å². The van der Waals surface area contributed by atoms with Gasteiger partial charge in [0.25, 0.3) is 5.69 Å². The summed E-state index contributed by atoms with van der Waals surface area (Å²) in [5.74, 6) is 0.650. The van der Waals surface area contributed by atoms with Crippen molar-refractivity contribution in [1.29, 1.82) is 0 Å². The van der Waals surface area contributed by atoms with Gasteiger partial charge in [-0.2, -0.15) is 5.10 Å². The van der Waals surface area contributed by atoms with Crippen LogP contribution >= 0.6 is 0 Å². The Morgan fingerprint density at radius 3 is 2.54 bits per heavy atom. The Bertz CT molecular complexity index is 804.